The molecule has 1 fully saturated rings. The number of carbonyl (C=O) groups excluding carboxylic acids is 3. The van der Waals surface area contributed by atoms with Gasteiger partial charge in [-0.1, -0.05) is 24.3 Å². The molecule has 1 N–H and O–H groups in total. The average Bonchev–Trinajstić information content (AvgIpc) is 3.36. The van der Waals surface area contributed by atoms with Crippen LogP contribution in [0.4, 0.5) is 4.79 Å². The van der Waals surface area contributed by atoms with Gasteiger partial charge in [0.2, 0.25) is 12.7 Å². The molecule has 1 spiro atoms. The van der Waals surface area contributed by atoms with Crippen molar-refractivity contribution in [3.8, 4) is 17.2 Å². The van der Waals surface area contributed by atoms with Gasteiger partial charge in [0.05, 0.1) is 6.61 Å². The molecule has 9 heteroatoms. The van der Waals surface area contributed by atoms with E-state index in [1.54, 1.807) is 29.2 Å². The minimum absolute atomic E-state index is 0.178. The molecule has 9 nitrogen and oxygen atoms in total. The summed E-state index contributed by atoms with van der Waals surface area (Å²) in [5, 5.41) is 2.82. The lowest BCUT2D eigenvalue weighted by atomic mass is 9.84. The van der Waals surface area contributed by atoms with Crippen LogP contribution in [0.1, 0.15) is 24.5 Å². The zero-order valence-electron chi connectivity index (χ0n) is 17.6. The molecule has 0 aliphatic carbocycles. The SMILES string of the molecule is CCN(Cc1ccc2c(c1)OCO2)C(=O)CN1C(=O)N[C@@]2(CCOc3ccccc32)C1=O. The van der Waals surface area contributed by atoms with Crippen LogP contribution in [0.2, 0.25) is 0 Å². The van der Waals surface area contributed by atoms with Gasteiger partial charge in [-0.3, -0.25) is 14.5 Å². The van der Waals surface area contributed by atoms with E-state index in [1.807, 2.05) is 25.1 Å². The normalized spacial score (nSPS) is 20.7. The summed E-state index contributed by atoms with van der Waals surface area (Å²) in [7, 11) is 0. The van der Waals surface area contributed by atoms with E-state index in [0.717, 1.165) is 10.5 Å². The fourth-order valence-corrected chi connectivity index (χ4v) is 4.39. The van der Waals surface area contributed by atoms with E-state index in [0.29, 0.717) is 48.9 Å². The van der Waals surface area contributed by atoms with E-state index in [2.05, 4.69) is 5.32 Å². The van der Waals surface area contributed by atoms with Crippen molar-refractivity contribution >= 4 is 17.8 Å². The maximum absolute atomic E-state index is 13.4. The molecule has 2 aromatic carbocycles. The van der Waals surface area contributed by atoms with Gasteiger partial charge in [-0.25, -0.2) is 4.79 Å². The molecule has 1 saturated heterocycles. The van der Waals surface area contributed by atoms with Crippen LogP contribution in [0.5, 0.6) is 17.2 Å². The van der Waals surface area contributed by atoms with Crippen LogP contribution in [0, 0.1) is 0 Å². The summed E-state index contributed by atoms with van der Waals surface area (Å²) in [6, 6.07) is 12.1. The summed E-state index contributed by atoms with van der Waals surface area (Å²) in [5.41, 5.74) is 0.296. The van der Waals surface area contributed by atoms with Crippen molar-refractivity contribution in [2.45, 2.75) is 25.4 Å². The fourth-order valence-electron chi connectivity index (χ4n) is 4.39. The van der Waals surface area contributed by atoms with Crippen molar-refractivity contribution in [2.24, 2.45) is 0 Å². The van der Waals surface area contributed by atoms with Gasteiger partial charge in [-0.15, -0.1) is 0 Å². The van der Waals surface area contributed by atoms with Gasteiger partial charge in [0.1, 0.15) is 12.3 Å². The molecule has 5 rings (SSSR count). The quantitative estimate of drug-likeness (QED) is 0.719. The van der Waals surface area contributed by atoms with Crippen LogP contribution in [-0.4, -0.2) is 54.1 Å². The standard InChI is InChI=1S/C23H23N3O6/c1-2-25(12-15-7-8-18-19(11-15)32-14-31-18)20(27)13-26-21(28)23(24-22(26)29)9-10-30-17-6-4-3-5-16(17)23/h3-8,11H,2,9-10,12-14H2,1H3,(H,24,29)/t23-/m1/s1. The van der Waals surface area contributed by atoms with Gasteiger partial charge in [-0.05, 0) is 30.7 Å². The van der Waals surface area contributed by atoms with Gasteiger partial charge in [0.15, 0.2) is 17.0 Å². The Labute approximate surface area is 184 Å². The van der Waals surface area contributed by atoms with Crippen LogP contribution in [0.25, 0.3) is 0 Å². The highest BCUT2D eigenvalue weighted by molar-refractivity contribution is 6.09. The summed E-state index contributed by atoms with van der Waals surface area (Å²) in [6.45, 7) is 2.77. The predicted octanol–water partition coefficient (Wildman–Crippen LogP) is 1.99. The highest BCUT2D eigenvalue weighted by Crippen LogP contribution is 2.41. The largest absolute Gasteiger partial charge is 0.493 e. The maximum Gasteiger partial charge on any atom is 0.325 e. The number of urea groups is 1. The molecular formula is C23H23N3O6. The third-order valence-electron chi connectivity index (χ3n) is 6.10. The van der Waals surface area contributed by atoms with Gasteiger partial charge >= 0.3 is 6.03 Å². The Morgan fingerprint density at radius 3 is 2.75 bits per heavy atom. The second-order valence-electron chi connectivity index (χ2n) is 7.92. The summed E-state index contributed by atoms with van der Waals surface area (Å²) >= 11 is 0. The molecule has 3 aliphatic heterocycles. The summed E-state index contributed by atoms with van der Waals surface area (Å²) in [5.74, 6) is 1.14. The van der Waals surface area contributed by atoms with Crippen LogP contribution in [0.15, 0.2) is 42.5 Å². The van der Waals surface area contributed by atoms with E-state index >= 15 is 0 Å². The predicted molar refractivity (Wildman–Crippen MR) is 112 cm³/mol. The summed E-state index contributed by atoms with van der Waals surface area (Å²) < 4.78 is 16.4. The number of hydrogen-bond donors (Lipinski definition) is 1. The topological polar surface area (TPSA) is 97.4 Å². The molecule has 3 heterocycles. The maximum atomic E-state index is 13.4. The lowest BCUT2D eigenvalue weighted by molar-refractivity contribution is -0.140. The Morgan fingerprint density at radius 2 is 1.91 bits per heavy atom. The minimum atomic E-state index is -1.19. The number of carbonyl (C=O) groups is 3. The smallest absolute Gasteiger partial charge is 0.325 e. The Balaban J connectivity index is 1.33. The summed E-state index contributed by atoms with van der Waals surface area (Å²) in [4.78, 5) is 41.8. The number of para-hydroxylation sites is 1. The molecule has 0 bridgehead atoms. The first-order valence-corrected chi connectivity index (χ1v) is 10.5. The first-order valence-electron chi connectivity index (χ1n) is 10.5. The molecule has 3 aliphatic rings. The van der Waals surface area contributed by atoms with E-state index in [9.17, 15) is 14.4 Å². The molecular weight excluding hydrogens is 414 g/mol. The van der Waals surface area contributed by atoms with E-state index < -0.39 is 17.5 Å². The monoisotopic (exact) mass is 437 g/mol. The molecule has 32 heavy (non-hydrogen) atoms. The van der Waals surface area contributed by atoms with E-state index in [4.69, 9.17) is 14.2 Å². The van der Waals surface area contributed by atoms with Crippen LogP contribution in [0.3, 0.4) is 0 Å². The number of ether oxygens (including phenoxy) is 3. The molecule has 2 aromatic rings. The first kappa shape index (κ1) is 20.2. The lowest BCUT2D eigenvalue weighted by Gasteiger charge is -2.33. The van der Waals surface area contributed by atoms with Crippen LogP contribution < -0.4 is 19.5 Å². The number of likely N-dealkylation sites (N-methyl/N-ethyl adjacent to an activating group) is 1. The fraction of sp³-hybridized carbons (Fsp3) is 0.348. The summed E-state index contributed by atoms with van der Waals surface area (Å²) in [6.07, 6.45) is 0.313. The minimum Gasteiger partial charge on any atom is -0.493 e. The molecule has 1 atom stereocenters. The number of rotatable bonds is 5. The number of hydrogen-bond acceptors (Lipinski definition) is 6. The molecule has 0 unspecified atom stereocenters. The Kier molecular flexibility index (Phi) is 4.88. The molecule has 166 valence electrons. The van der Waals surface area contributed by atoms with Crippen LogP contribution >= 0.6 is 0 Å². The second-order valence-corrected chi connectivity index (χ2v) is 7.92. The highest BCUT2D eigenvalue weighted by atomic mass is 16.7. The van der Waals surface area contributed by atoms with E-state index in [1.165, 1.54) is 0 Å². The zero-order valence-corrected chi connectivity index (χ0v) is 17.6. The third-order valence-corrected chi connectivity index (χ3v) is 6.10. The van der Waals surface area contributed by atoms with Crippen molar-refractivity contribution in [3.05, 3.63) is 53.6 Å². The van der Waals surface area contributed by atoms with Crippen molar-refractivity contribution in [3.63, 3.8) is 0 Å². The highest BCUT2D eigenvalue weighted by Gasteiger charge is 2.55. The van der Waals surface area contributed by atoms with Gasteiger partial charge in [-0.2, -0.15) is 0 Å². The number of benzene rings is 2. The van der Waals surface area contributed by atoms with Crippen molar-refractivity contribution in [2.75, 3.05) is 26.5 Å². The number of amides is 4. The number of nitrogens with zero attached hydrogens (tertiary/aromatic N) is 2. The van der Waals surface area contributed by atoms with Gasteiger partial charge < -0.3 is 24.4 Å². The Hall–Kier alpha value is -3.75. The average molecular weight is 437 g/mol. The first-order chi connectivity index (χ1) is 15.5. The number of fused-ring (bicyclic) bond motifs is 3. The van der Waals surface area contributed by atoms with Crippen molar-refractivity contribution < 1.29 is 28.6 Å². The number of nitrogens with one attached hydrogen (secondary N) is 1. The third kappa shape index (κ3) is 3.21. The lowest BCUT2D eigenvalue weighted by Crippen LogP contribution is -2.48. The van der Waals surface area contributed by atoms with Crippen LogP contribution in [-0.2, 0) is 21.7 Å². The van der Waals surface area contributed by atoms with E-state index in [-0.39, 0.29) is 19.2 Å². The Bertz CT molecular complexity index is 1100. The number of imide groups is 1. The van der Waals surface area contributed by atoms with Gasteiger partial charge in [0.25, 0.3) is 5.91 Å². The molecule has 0 saturated carbocycles. The Morgan fingerprint density at radius 1 is 1.09 bits per heavy atom. The molecule has 0 aromatic heterocycles. The van der Waals surface area contributed by atoms with Crippen molar-refractivity contribution in [1.29, 1.82) is 0 Å². The zero-order chi connectivity index (χ0) is 22.3. The molecule has 4 amide bonds. The van der Waals surface area contributed by atoms with Crippen molar-refractivity contribution in [1.82, 2.24) is 15.1 Å². The van der Waals surface area contributed by atoms with Gasteiger partial charge in [0, 0.05) is 25.1 Å². The molecule has 0 radical (unpaired) electrons. The second kappa shape index (κ2) is 7.74.